The van der Waals surface area contributed by atoms with Gasteiger partial charge in [-0.25, -0.2) is 4.68 Å². The van der Waals surface area contributed by atoms with Gasteiger partial charge in [-0.15, -0.1) is 5.10 Å². The van der Waals surface area contributed by atoms with E-state index in [0.717, 1.165) is 42.6 Å². The fraction of sp³-hybridized carbons (Fsp3) is 0.429. The molecule has 0 bridgehead atoms. The molecule has 1 saturated heterocycles. The maximum absolute atomic E-state index is 5.89. The summed E-state index contributed by atoms with van der Waals surface area (Å²) in [7, 11) is 0. The van der Waals surface area contributed by atoms with Crippen LogP contribution in [0.2, 0.25) is 5.02 Å². The zero-order valence-electron chi connectivity index (χ0n) is 11.5. The lowest BCUT2D eigenvalue weighted by Gasteiger charge is -2.33. The lowest BCUT2D eigenvalue weighted by molar-refractivity contribution is 0.163. The van der Waals surface area contributed by atoms with Gasteiger partial charge in [-0.3, -0.25) is 4.90 Å². The number of aromatic nitrogens is 3. The molecule has 0 unspecified atom stereocenters. The molecule has 1 atom stereocenters. The van der Waals surface area contributed by atoms with Crippen molar-refractivity contribution in [3.05, 3.63) is 41.2 Å². The Morgan fingerprint density at radius 1 is 1.35 bits per heavy atom. The van der Waals surface area contributed by atoms with Crippen molar-refractivity contribution in [2.24, 2.45) is 0 Å². The minimum Gasteiger partial charge on any atom is -0.314 e. The highest BCUT2D eigenvalue weighted by atomic mass is 35.5. The van der Waals surface area contributed by atoms with Gasteiger partial charge in [0.25, 0.3) is 0 Å². The van der Waals surface area contributed by atoms with Gasteiger partial charge in [-0.1, -0.05) is 16.8 Å². The monoisotopic (exact) mass is 291 g/mol. The van der Waals surface area contributed by atoms with Crippen molar-refractivity contribution in [1.82, 2.24) is 25.2 Å². The molecule has 2 heterocycles. The van der Waals surface area contributed by atoms with Crippen LogP contribution in [0.25, 0.3) is 5.69 Å². The van der Waals surface area contributed by atoms with Gasteiger partial charge in [0.2, 0.25) is 0 Å². The zero-order chi connectivity index (χ0) is 13.9. The predicted octanol–water partition coefficient (Wildman–Crippen LogP) is 1.71. The molecule has 2 aromatic rings. The van der Waals surface area contributed by atoms with Crippen molar-refractivity contribution in [3.63, 3.8) is 0 Å². The Hall–Kier alpha value is -1.43. The molecule has 0 spiro atoms. The van der Waals surface area contributed by atoms with E-state index in [0.29, 0.717) is 6.04 Å². The number of nitrogens with one attached hydrogen (secondary N) is 1. The molecule has 1 fully saturated rings. The molecule has 0 aliphatic carbocycles. The average Bonchev–Trinajstić information content (AvgIpc) is 2.91. The summed E-state index contributed by atoms with van der Waals surface area (Å²) in [6.45, 7) is 6.20. The minimum atomic E-state index is 0.532. The first kappa shape index (κ1) is 13.5. The quantitative estimate of drug-likeness (QED) is 0.935. The van der Waals surface area contributed by atoms with E-state index in [1.165, 1.54) is 0 Å². The molecule has 1 N–H and O–H groups in total. The molecule has 1 aromatic carbocycles. The number of nitrogens with zero attached hydrogens (tertiary/aromatic N) is 4. The molecule has 106 valence electrons. The molecule has 5 nitrogen and oxygen atoms in total. The average molecular weight is 292 g/mol. The SMILES string of the molecule is C[C@@H]1CNCCN1Cc1cn(-c2ccc(Cl)cc2)nn1. The lowest BCUT2D eigenvalue weighted by atomic mass is 10.2. The Labute approximate surface area is 123 Å². The highest BCUT2D eigenvalue weighted by Gasteiger charge is 2.19. The van der Waals surface area contributed by atoms with Crippen LogP contribution in [0.3, 0.4) is 0 Å². The van der Waals surface area contributed by atoms with E-state index < -0.39 is 0 Å². The van der Waals surface area contributed by atoms with E-state index in [1.54, 1.807) is 4.68 Å². The lowest BCUT2D eigenvalue weighted by Crippen LogP contribution is -2.49. The summed E-state index contributed by atoms with van der Waals surface area (Å²) >= 11 is 5.89. The van der Waals surface area contributed by atoms with Crippen molar-refractivity contribution < 1.29 is 0 Å². The number of rotatable bonds is 3. The zero-order valence-corrected chi connectivity index (χ0v) is 12.2. The molecule has 0 radical (unpaired) electrons. The summed E-state index contributed by atoms with van der Waals surface area (Å²) in [6.07, 6.45) is 1.98. The van der Waals surface area contributed by atoms with Gasteiger partial charge in [0.15, 0.2) is 0 Å². The Morgan fingerprint density at radius 2 is 2.15 bits per heavy atom. The molecular formula is C14H18ClN5. The van der Waals surface area contributed by atoms with Crippen LogP contribution < -0.4 is 5.32 Å². The third kappa shape index (κ3) is 3.00. The van der Waals surface area contributed by atoms with Gasteiger partial charge in [0.1, 0.15) is 0 Å². The van der Waals surface area contributed by atoms with Crippen LogP contribution in [-0.2, 0) is 6.54 Å². The van der Waals surface area contributed by atoms with Crippen LogP contribution in [0.4, 0.5) is 0 Å². The van der Waals surface area contributed by atoms with Crippen LogP contribution >= 0.6 is 11.6 Å². The third-order valence-electron chi connectivity index (χ3n) is 3.64. The van der Waals surface area contributed by atoms with Crippen LogP contribution in [-0.4, -0.2) is 45.6 Å². The van der Waals surface area contributed by atoms with Crippen molar-refractivity contribution in [3.8, 4) is 5.69 Å². The number of benzene rings is 1. The summed E-state index contributed by atoms with van der Waals surface area (Å²) in [4.78, 5) is 2.42. The van der Waals surface area contributed by atoms with Gasteiger partial charge in [-0.05, 0) is 31.2 Å². The largest absolute Gasteiger partial charge is 0.314 e. The van der Waals surface area contributed by atoms with E-state index >= 15 is 0 Å². The van der Waals surface area contributed by atoms with Crippen molar-refractivity contribution in [2.75, 3.05) is 19.6 Å². The van der Waals surface area contributed by atoms with E-state index in [2.05, 4.69) is 27.5 Å². The van der Waals surface area contributed by atoms with Gasteiger partial charge in [-0.2, -0.15) is 0 Å². The van der Waals surface area contributed by atoms with Gasteiger partial charge >= 0.3 is 0 Å². The highest BCUT2D eigenvalue weighted by molar-refractivity contribution is 6.30. The van der Waals surface area contributed by atoms with Gasteiger partial charge < -0.3 is 5.32 Å². The molecule has 0 saturated carbocycles. The molecule has 6 heteroatoms. The van der Waals surface area contributed by atoms with Crippen LogP contribution in [0.1, 0.15) is 12.6 Å². The predicted molar refractivity (Wildman–Crippen MR) is 79.1 cm³/mol. The second kappa shape index (κ2) is 5.91. The molecule has 1 aliphatic rings. The maximum Gasteiger partial charge on any atom is 0.0971 e. The first-order valence-corrected chi connectivity index (χ1v) is 7.22. The summed E-state index contributed by atoms with van der Waals surface area (Å²) in [5.74, 6) is 0. The third-order valence-corrected chi connectivity index (χ3v) is 3.89. The standard InChI is InChI=1S/C14H18ClN5/c1-11-8-16-6-7-19(11)9-13-10-20(18-17-13)14-4-2-12(15)3-5-14/h2-5,10-11,16H,6-9H2,1H3/t11-/m1/s1. The van der Waals surface area contributed by atoms with Gasteiger partial charge in [0, 0.05) is 37.2 Å². The molecular weight excluding hydrogens is 274 g/mol. The molecule has 0 amide bonds. The normalized spacial score (nSPS) is 20.2. The molecule has 20 heavy (non-hydrogen) atoms. The fourth-order valence-corrected chi connectivity index (χ4v) is 2.54. The Morgan fingerprint density at radius 3 is 2.90 bits per heavy atom. The number of halogens is 1. The highest BCUT2D eigenvalue weighted by Crippen LogP contribution is 2.14. The van der Waals surface area contributed by atoms with Crippen molar-refractivity contribution in [1.29, 1.82) is 0 Å². The molecule has 1 aliphatic heterocycles. The maximum atomic E-state index is 5.89. The minimum absolute atomic E-state index is 0.532. The van der Waals surface area contributed by atoms with E-state index in [9.17, 15) is 0 Å². The van der Waals surface area contributed by atoms with Crippen molar-refractivity contribution in [2.45, 2.75) is 19.5 Å². The number of piperazine rings is 1. The van der Waals surface area contributed by atoms with E-state index in [-0.39, 0.29) is 0 Å². The summed E-state index contributed by atoms with van der Waals surface area (Å²) in [6, 6.07) is 8.12. The number of hydrogen-bond donors (Lipinski definition) is 1. The summed E-state index contributed by atoms with van der Waals surface area (Å²) in [5.41, 5.74) is 1.97. The fourth-order valence-electron chi connectivity index (χ4n) is 2.42. The second-order valence-corrected chi connectivity index (χ2v) is 5.59. The van der Waals surface area contributed by atoms with Gasteiger partial charge in [0.05, 0.1) is 17.6 Å². The number of hydrogen-bond acceptors (Lipinski definition) is 4. The smallest absolute Gasteiger partial charge is 0.0971 e. The van der Waals surface area contributed by atoms with E-state index in [4.69, 9.17) is 11.6 Å². The van der Waals surface area contributed by atoms with Crippen LogP contribution in [0.15, 0.2) is 30.5 Å². The first-order chi connectivity index (χ1) is 9.72. The summed E-state index contributed by atoms with van der Waals surface area (Å²) < 4.78 is 1.79. The second-order valence-electron chi connectivity index (χ2n) is 5.15. The first-order valence-electron chi connectivity index (χ1n) is 6.84. The Balaban J connectivity index is 1.71. The van der Waals surface area contributed by atoms with Crippen LogP contribution in [0, 0.1) is 0 Å². The molecule has 1 aromatic heterocycles. The summed E-state index contributed by atoms with van der Waals surface area (Å²) in [5, 5.41) is 12.6. The van der Waals surface area contributed by atoms with Crippen LogP contribution in [0.5, 0.6) is 0 Å². The Kier molecular flexibility index (Phi) is 4.00. The Bertz CT molecular complexity index is 565. The van der Waals surface area contributed by atoms with E-state index in [1.807, 2.05) is 30.5 Å². The molecule has 3 rings (SSSR count). The van der Waals surface area contributed by atoms with Crippen molar-refractivity contribution >= 4 is 11.6 Å². The topological polar surface area (TPSA) is 46.0 Å².